The number of carboxylic acid groups (broad SMARTS) is 1. The number of likely N-dealkylation sites (N-methyl/N-ethyl adjacent to an activating group) is 1. The largest absolute Gasteiger partial charge is 0.480 e. The normalized spacial score (nSPS) is 10.6. The summed E-state index contributed by atoms with van der Waals surface area (Å²) in [6, 6.07) is -0.486. The van der Waals surface area contributed by atoms with Crippen LogP contribution in [0.4, 0.5) is 4.79 Å². The van der Waals surface area contributed by atoms with E-state index in [1.165, 1.54) is 4.90 Å². The number of carbonyl (C=O) groups excluding carboxylic acids is 1. The topological polar surface area (TPSA) is 81.1 Å². The third-order valence-corrected chi connectivity index (χ3v) is 2.11. The minimum absolute atomic E-state index is 0.0759. The van der Waals surface area contributed by atoms with Crippen LogP contribution in [0.3, 0.4) is 0 Å². The number of terminal acetylenes is 1. The summed E-state index contributed by atoms with van der Waals surface area (Å²) >= 11 is 0. The van der Waals surface area contributed by atoms with Gasteiger partial charge in [-0.15, -0.1) is 6.42 Å². The van der Waals surface area contributed by atoms with Gasteiger partial charge >= 0.3 is 12.0 Å². The highest BCUT2D eigenvalue weighted by Crippen LogP contribution is 2.07. The Morgan fingerprint density at radius 1 is 1.33 bits per heavy atom. The standard InChI is InChI=1S/C12H20N2O4/c1-5-7-14(8-10(15)16)11(17)13(6-2)9-12(3,4)18/h1,18H,6-9H2,2-4H3,(H,15,16). The fourth-order valence-corrected chi connectivity index (χ4v) is 1.45. The molecule has 0 aromatic carbocycles. The second-order valence-electron chi connectivity index (χ2n) is 4.56. The Morgan fingerprint density at radius 2 is 1.89 bits per heavy atom. The SMILES string of the molecule is C#CCN(CC(=O)O)C(=O)N(CC)CC(C)(C)O. The number of hydrogen-bond donors (Lipinski definition) is 2. The second-order valence-corrected chi connectivity index (χ2v) is 4.56. The zero-order chi connectivity index (χ0) is 14.3. The summed E-state index contributed by atoms with van der Waals surface area (Å²) in [5, 5.41) is 18.4. The summed E-state index contributed by atoms with van der Waals surface area (Å²) in [4.78, 5) is 25.1. The molecule has 0 aromatic heterocycles. The summed E-state index contributed by atoms with van der Waals surface area (Å²) in [6.07, 6.45) is 5.11. The molecule has 0 aromatic rings. The summed E-state index contributed by atoms with van der Waals surface area (Å²) in [6.45, 7) is 4.85. The average Bonchev–Trinajstić information content (AvgIpc) is 2.22. The van der Waals surface area contributed by atoms with Crippen LogP contribution in [0.5, 0.6) is 0 Å². The first-order valence-electron chi connectivity index (χ1n) is 5.62. The van der Waals surface area contributed by atoms with Crippen LogP contribution in [0, 0.1) is 12.3 Å². The van der Waals surface area contributed by atoms with Crippen LogP contribution in [0.1, 0.15) is 20.8 Å². The van der Waals surface area contributed by atoms with Gasteiger partial charge in [0.2, 0.25) is 0 Å². The number of urea groups is 1. The van der Waals surface area contributed by atoms with Crippen molar-refractivity contribution in [3.63, 3.8) is 0 Å². The number of amides is 2. The highest BCUT2D eigenvalue weighted by molar-refractivity contribution is 5.80. The zero-order valence-corrected chi connectivity index (χ0v) is 11.0. The van der Waals surface area contributed by atoms with E-state index in [9.17, 15) is 14.7 Å². The van der Waals surface area contributed by atoms with Crippen molar-refractivity contribution in [2.45, 2.75) is 26.4 Å². The molecule has 0 saturated carbocycles. The number of hydrogen-bond acceptors (Lipinski definition) is 3. The van der Waals surface area contributed by atoms with E-state index < -0.39 is 24.1 Å². The van der Waals surface area contributed by atoms with Gasteiger partial charge in [-0.2, -0.15) is 0 Å². The van der Waals surface area contributed by atoms with Gasteiger partial charge in [0.15, 0.2) is 0 Å². The van der Waals surface area contributed by atoms with E-state index in [0.29, 0.717) is 6.54 Å². The first-order valence-corrected chi connectivity index (χ1v) is 5.62. The Morgan fingerprint density at radius 3 is 2.22 bits per heavy atom. The highest BCUT2D eigenvalue weighted by Gasteiger charge is 2.25. The molecular formula is C12H20N2O4. The fraction of sp³-hybridized carbons (Fsp3) is 0.667. The Labute approximate surface area is 107 Å². The number of aliphatic hydroxyl groups is 1. The molecule has 0 atom stereocenters. The van der Waals surface area contributed by atoms with Crippen LogP contribution in [0.25, 0.3) is 0 Å². The van der Waals surface area contributed by atoms with Crippen molar-refractivity contribution >= 4 is 12.0 Å². The maximum absolute atomic E-state index is 12.1. The number of nitrogens with zero attached hydrogens (tertiary/aromatic N) is 2. The van der Waals surface area contributed by atoms with Crippen LogP contribution in [-0.4, -0.2) is 63.8 Å². The van der Waals surface area contributed by atoms with Crippen molar-refractivity contribution in [3.8, 4) is 12.3 Å². The smallest absolute Gasteiger partial charge is 0.323 e. The minimum Gasteiger partial charge on any atom is -0.480 e. The van der Waals surface area contributed by atoms with Crippen LogP contribution in [-0.2, 0) is 4.79 Å². The van der Waals surface area contributed by atoms with E-state index in [2.05, 4.69) is 5.92 Å². The van der Waals surface area contributed by atoms with Gasteiger partial charge in [-0.1, -0.05) is 5.92 Å². The number of aliphatic carboxylic acids is 1. The molecule has 0 spiro atoms. The second kappa shape index (κ2) is 6.87. The predicted molar refractivity (Wildman–Crippen MR) is 67.0 cm³/mol. The Bertz CT molecular complexity index is 341. The molecule has 6 nitrogen and oxygen atoms in total. The van der Waals surface area contributed by atoms with E-state index in [1.807, 2.05) is 0 Å². The van der Waals surface area contributed by atoms with Crippen molar-refractivity contribution in [2.24, 2.45) is 0 Å². The summed E-state index contributed by atoms with van der Waals surface area (Å²) in [5.74, 6) is 1.12. The van der Waals surface area contributed by atoms with Crippen molar-refractivity contribution < 1.29 is 19.8 Å². The lowest BCUT2D eigenvalue weighted by atomic mass is 10.1. The predicted octanol–water partition coefficient (Wildman–Crippen LogP) is 0.219. The van der Waals surface area contributed by atoms with Crippen LogP contribution >= 0.6 is 0 Å². The van der Waals surface area contributed by atoms with Crippen molar-refractivity contribution in [1.82, 2.24) is 9.80 Å². The maximum atomic E-state index is 12.1. The molecule has 0 aliphatic rings. The first kappa shape index (κ1) is 16.3. The molecule has 0 aliphatic heterocycles. The van der Waals surface area contributed by atoms with E-state index in [1.54, 1.807) is 20.8 Å². The van der Waals surface area contributed by atoms with E-state index in [0.717, 1.165) is 4.90 Å². The lowest BCUT2D eigenvalue weighted by molar-refractivity contribution is -0.137. The summed E-state index contributed by atoms with van der Waals surface area (Å²) < 4.78 is 0. The summed E-state index contributed by atoms with van der Waals surface area (Å²) in [5.41, 5.74) is -1.04. The molecule has 0 saturated heterocycles. The first-order chi connectivity index (χ1) is 8.21. The molecule has 2 amide bonds. The Balaban J connectivity index is 4.81. The molecule has 2 N–H and O–H groups in total. The van der Waals surface area contributed by atoms with Crippen molar-refractivity contribution in [2.75, 3.05) is 26.2 Å². The number of rotatable bonds is 6. The highest BCUT2D eigenvalue weighted by atomic mass is 16.4. The molecule has 102 valence electrons. The Kier molecular flexibility index (Phi) is 6.20. The van der Waals surface area contributed by atoms with Crippen LogP contribution in [0.2, 0.25) is 0 Å². The fourth-order valence-electron chi connectivity index (χ4n) is 1.45. The Hall–Kier alpha value is -1.74. The number of carbonyl (C=O) groups is 2. The lowest BCUT2D eigenvalue weighted by Crippen LogP contribution is -2.49. The van der Waals surface area contributed by atoms with Crippen LogP contribution < -0.4 is 0 Å². The van der Waals surface area contributed by atoms with E-state index in [4.69, 9.17) is 11.5 Å². The quantitative estimate of drug-likeness (QED) is 0.666. The van der Waals surface area contributed by atoms with Crippen LogP contribution in [0.15, 0.2) is 0 Å². The van der Waals surface area contributed by atoms with E-state index >= 15 is 0 Å². The van der Waals surface area contributed by atoms with Crippen molar-refractivity contribution in [3.05, 3.63) is 0 Å². The summed E-state index contributed by atoms with van der Waals surface area (Å²) in [7, 11) is 0. The number of carboxylic acids is 1. The van der Waals surface area contributed by atoms with Gasteiger partial charge in [0.1, 0.15) is 6.54 Å². The molecule has 0 heterocycles. The van der Waals surface area contributed by atoms with Gasteiger partial charge in [0.25, 0.3) is 0 Å². The molecule has 0 unspecified atom stereocenters. The van der Waals surface area contributed by atoms with Crippen molar-refractivity contribution in [1.29, 1.82) is 0 Å². The minimum atomic E-state index is -1.13. The molecule has 0 rings (SSSR count). The van der Waals surface area contributed by atoms with E-state index in [-0.39, 0.29) is 13.1 Å². The molecular weight excluding hydrogens is 236 g/mol. The van der Waals surface area contributed by atoms with Gasteiger partial charge in [0.05, 0.1) is 18.7 Å². The van der Waals surface area contributed by atoms with Gasteiger partial charge in [-0.25, -0.2) is 4.79 Å². The third kappa shape index (κ3) is 6.11. The average molecular weight is 256 g/mol. The maximum Gasteiger partial charge on any atom is 0.323 e. The molecule has 0 bridgehead atoms. The molecule has 0 fully saturated rings. The molecule has 18 heavy (non-hydrogen) atoms. The van der Waals surface area contributed by atoms with Gasteiger partial charge in [-0.05, 0) is 20.8 Å². The van der Waals surface area contributed by atoms with Gasteiger partial charge < -0.3 is 20.0 Å². The van der Waals surface area contributed by atoms with Gasteiger partial charge in [0, 0.05) is 6.54 Å². The molecule has 0 radical (unpaired) electrons. The third-order valence-electron chi connectivity index (χ3n) is 2.11. The van der Waals surface area contributed by atoms with Gasteiger partial charge in [-0.3, -0.25) is 4.79 Å². The monoisotopic (exact) mass is 256 g/mol. The molecule has 6 heteroatoms. The lowest BCUT2D eigenvalue weighted by Gasteiger charge is -2.32. The molecule has 0 aliphatic carbocycles. The zero-order valence-electron chi connectivity index (χ0n) is 11.0.